The Morgan fingerprint density at radius 3 is 2.17 bits per heavy atom. The molecule has 0 amide bonds. The van der Waals surface area contributed by atoms with E-state index in [4.69, 9.17) is 0 Å². The topological polar surface area (TPSA) is 92.3 Å². The largest absolute Gasteiger partial charge is 0.243 e. The molecule has 1 aromatic carbocycles. The number of hydrogen-bond donors (Lipinski definition) is 2. The average molecular weight is 296 g/mol. The van der Waals surface area contributed by atoms with Crippen LogP contribution in [0.15, 0.2) is 29.2 Å². The molecule has 0 bridgehead atoms. The third-order valence-corrected chi connectivity index (χ3v) is 4.13. The summed E-state index contributed by atoms with van der Waals surface area (Å²) >= 11 is 0. The molecule has 0 aromatic heterocycles. The SMILES string of the molecule is CS(=O)(=O)NCCNS(=O)(=O)c1ccccc1F. The average Bonchev–Trinajstić information content (AvgIpc) is 2.24. The highest BCUT2D eigenvalue weighted by Crippen LogP contribution is 2.12. The molecule has 0 aliphatic rings. The van der Waals surface area contributed by atoms with Crippen molar-refractivity contribution in [3.8, 4) is 0 Å². The van der Waals surface area contributed by atoms with Crippen molar-refractivity contribution in [1.82, 2.24) is 9.44 Å². The van der Waals surface area contributed by atoms with Crippen LogP contribution >= 0.6 is 0 Å². The summed E-state index contributed by atoms with van der Waals surface area (Å²) in [6.07, 6.45) is 0.957. The predicted molar refractivity (Wildman–Crippen MR) is 64.4 cm³/mol. The van der Waals surface area contributed by atoms with Gasteiger partial charge in [-0.15, -0.1) is 0 Å². The number of rotatable bonds is 6. The highest BCUT2D eigenvalue weighted by Gasteiger charge is 2.17. The zero-order chi connectivity index (χ0) is 13.8. The van der Waals surface area contributed by atoms with Crippen LogP contribution in [0, 0.1) is 5.82 Å². The van der Waals surface area contributed by atoms with Crippen molar-refractivity contribution >= 4 is 20.0 Å². The maximum atomic E-state index is 13.3. The number of halogens is 1. The minimum atomic E-state index is -3.97. The second-order valence-corrected chi connectivity index (χ2v) is 7.06. The number of nitrogens with one attached hydrogen (secondary N) is 2. The van der Waals surface area contributed by atoms with E-state index in [1.165, 1.54) is 12.1 Å². The number of hydrogen-bond acceptors (Lipinski definition) is 4. The van der Waals surface area contributed by atoms with E-state index >= 15 is 0 Å². The summed E-state index contributed by atoms with van der Waals surface area (Å²) in [6.45, 7) is -0.268. The lowest BCUT2D eigenvalue weighted by molar-refractivity contribution is 0.554. The maximum absolute atomic E-state index is 13.3. The van der Waals surface area contributed by atoms with E-state index in [-0.39, 0.29) is 13.1 Å². The first kappa shape index (κ1) is 15.0. The predicted octanol–water partition coefficient (Wildman–Crippen LogP) is -0.347. The van der Waals surface area contributed by atoms with E-state index < -0.39 is 30.8 Å². The fourth-order valence-electron chi connectivity index (χ4n) is 1.16. The molecule has 0 aliphatic heterocycles. The zero-order valence-electron chi connectivity index (χ0n) is 9.55. The number of sulfonamides is 2. The Labute approximate surface area is 105 Å². The molecule has 0 saturated heterocycles. The summed E-state index contributed by atoms with van der Waals surface area (Å²) < 4.78 is 62.2. The van der Waals surface area contributed by atoms with Crippen LogP contribution in [-0.2, 0) is 20.0 Å². The second-order valence-electron chi connectivity index (χ2n) is 3.49. The van der Waals surface area contributed by atoms with Gasteiger partial charge in [-0.3, -0.25) is 0 Å². The molecule has 2 N–H and O–H groups in total. The van der Waals surface area contributed by atoms with Gasteiger partial charge in [0.05, 0.1) is 6.26 Å². The third-order valence-electron chi connectivity index (χ3n) is 1.91. The van der Waals surface area contributed by atoms with Gasteiger partial charge in [-0.05, 0) is 12.1 Å². The highest BCUT2D eigenvalue weighted by atomic mass is 32.2. The molecule has 102 valence electrons. The van der Waals surface area contributed by atoms with Gasteiger partial charge in [0, 0.05) is 13.1 Å². The molecular formula is C9H13FN2O4S2. The van der Waals surface area contributed by atoms with Crippen molar-refractivity contribution in [2.24, 2.45) is 0 Å². The first-order valence-electron chi connectivity index (χ1n) is 4.91. The summed E-state index contributed by atoms with van der Waals surface area (Å²) in [4.78, 5) is -0.468. The summed E-state index contributed by atoms with van der Waals surface area (Å²) in [5, 5.41) is 0. The van der Waals surface area contributed by atoms with Crippen molar-refractivity contribution in [3.63, 3.8) is 0 Å². The van der Waals surface area contributed by atoms with Crippen LogP contribution in [0.25, 0.3) is 0 Å². The summed E-state index contributed by atoms with van der Waals surface area (Å²) in [5.74, 6) is -0.860. The van der Waals surface area contributed by atoms with E-state index in [9.17, 15) is 21.2 Å². The minimum absolute atomic E-state index is 0.105. The van der Waals surface area contributed by atoms with Crippen molar-refractivity contribution in [3.05, 3.63) is 30.1 Å². The molecule has 0 spiro atoms. The zero-order valence-corrected chi connectivity index (χ0v) is 11.2. The van der Waals surface area contributed by atoms with Gasteiger partial charge in [0.2, 0.25) is 20.0 Å². The molecule has 18 heavy (non-hydrogen) atoms. The van der Waals surface area contributed by atoms with E-state index in [1.54, 1.807) is 0 Å². The molecule has 0 radical (unpaired) electrons. The molecule has 1 rings (SSSR count). The standard InChI is InChI=1S/C9H13FN2O4S2/c1-17(13,14)11-6-7-12-18(15,16)9-5-3-2-4-8(9)10/h2-5,11-12H,6-7H2,1H3. The Bertz CT molecular complexity index is 613. The molecule has 0 atom stereocenters. The quantitative estimate of drug-likeness (QED) is 0.702. The van der Waals surface area contributed by atoms with Gasteiger partial charge in [-0.2, -0.15) is 0 Å². The van der Waals surface area contributed by atoms with E-state index in [0.717, 1.165) is 18.4 Å². The van der Waals surface area contributed by atoms with Crippen molar-refractivity contribution in [2.75, 3.05) is 19.3 Å². The molecule has 0 unspecified atom stereocenters. The molecule has 6 nitrogen and oxygen atoms in total. The molecular weight excluding hydrogens is 283 g/mol. The van der Waals surface area contributed by atoms with Crippen LogP contribution in [-0.4, -0.2) is 36.2 Å². The van der Waals surface area contributed by atoms with E-state index in [2.05, 4.69) is 9.44 Å². The van der Waals surface area contributed by atoms with Crippen LogP contribution in [0.3, 0.4) is 0 Å². The lowest BCUT2D eigenvalue weighted by atomic mass is 10.4. The minimum Gasteiger partial charge on any atom is -0.214 e. The Balaban J connectivity index is 2.65. The van der Waals surface area contributed by atoms with Gasteiger partial charge in [0.15, 0.2) is 0 Å². The fourth-order valence-corrected chi connectivity index (χ4v) is 2.74. The van der Waals surface area contributed by atoms with E-state index in [0.29, 0.717) is 0 Å². The molecule has 0 saturated carbocycles. The molecule has 1 aromatic rings. The van der Waals surface area contributed by atoms with E-state index in [1.807, 2.05) is 0 Å². The van der Waals surface area contributed by atoms with Crippen molar-refractivity contribution in [2.45, 2.75) is 4.90 Å². The normalized spacial score (nSPS) is 12.6. The molecule has 0 fully saturated rings. The van der Waals surface area contributed by atoms with Gasteiger partial charge in [-0.25, -0.2) is 30.7 Å². The lowest BCUT2D eigenvalue weighted by Crippen LogP contribution is -2.34. The first-order chi connectivity index (χ1) is 8.22. The monoisotopic (exact) mass is 296 g/mol. The Morgan fingerprint density at radius 1 is 1.06 bits per heavy atom. The summed E-state index contributed by atoms with van der Waals surface area (Å²) in [5.41, 5.74) is 0. The fraction of sp³-hybridized carbons (Fsp3) is 0.333. The first-order valence-corrected chi connectivity index (χ1v) is 8.29. The smallest absolute Gasteiger partial charge is 0.214 e. The van der Waals surface area contributed by atoms with Crippen LogP contribution in [0.4, 0.5) is 4.39 Å². The highest BCUT2D eigenvalue weighted by molar-refractivity contribution is 7.89. The molecule has 9 heteroatoms. The van der Waals surface area contributed by atoms with Crippen molar-refractivity contribution < 1.29 is 21.2 Å². The molecule has 0 heterocycles. The summed E-state index contributed by atoms with van der Waals surface area (Å²) in [7, 11) is -7.34. The Morgan fingerprint density at radius 2 is 1.61 bits per heavy atom. The van der Waals surface area contributed by atoms with Gasteiger partial charge >= 0.3 is 0 Å². The van der Waals surface area contributed by atoms with Crippen LogP contribution < -0.4 is 9.44 Å². The van der Waals surface area contributed by atoms with Gasteiger partial charge in [0.1, 0.15) is 10.7 Å². The third kappa shape index (κ3) is 4.69. The van der Waals surface area contributed by atoms with Crippen LogP contribution in [0.1, 0.15) is 0 Å². The Hall–Kier alpha value is -1.03. The van der Waals surface area contributed by atoms with Gasteiger partial charge in [0.25, 0.3) is 0 Å². The summed E-state index contributed by atoms with van der Waals surface area (Å²) in [6, 6.07) is 4.93. The Kier molecular flexibility index (Phi) is 4.79. The maximum Gasteiger partial charge on any atom is 0.243 e. The lowest BCUT2D eigenvalue weighted by Gasteiger charge is -2.07. The van der Waals surface area contributed by atoms with Crippen LogP contribution in [0.2, 0.25) is 0 Å². The van der Waals surface area contributed by atoms with Crippen molar-refractivity contribution in [1.29, 1.82) is 0 Å². The molecule has 0 aliphatic carbocycles. The van der Waals surface area contributed by atoms with Crippen LogP contribution in [0.5, 0.6) is 0 Å². The van der Waals surface area contributed by atoms with Gasteiger partial charge in [-0.1, -0.05) is 12.1 Å². The number of benzene rings is 1. The second kappa shape index (κ2) is 5.74. The van der Waals surface area contributed by atoms with Gasteiger partial charge < -0.3 is 0 Å².